The number of rotatable bonds is 14. The summed E-state index contributed by atoms with van der Waals surface area (Å²) in [6, 6.07) is 8.79. The lowest BCUT2D eigenvalue weighted by atomic mass is 9.86. The Morgan fingerprint density at radius 2 is 1.58 bits per heavy atom. The van der Waals surface area contributed by atoms with E-state index in [0.29, 0.717) is 34.7 Å². The molecule has 0 amide bonds. The lowest BCUT2D eigenvalue weighted by Gasteiger charge is -2.21. The summed E-state index contributed by atoms with van der Waals surface area (Å²) in [5, 5.41) is 6.80. The van der Waals surface area contributed by atoms with E-state index >= 15 is 0 Å². The van der Waals surface area contributed by atoms with Crippen molar-refractivity contribution in [1.82, 2.24) is 24.5 Å². The number of pyridine rings is 1. The lowest BCUT2D eigenvalue weighted by Crippen LogP contribution is -2.33. The van der Waals surface area contributed by atoms with Crippen molar-refractivity contribution in [3.05, 3.63) is 98.2 Å². The quantitative estimate of drug-likeness (QED) is 0.0801. The van der Waals surface area contributed by atoms with Crippen LogP contribution in [-0.2, 0) is 50.2 Å². The Morgan fingerprint density at radius 3 is 2.17 bits per heavy atom. The Morgan fingerprint density at radius 1 is 0.932 bits per heavy atom. The van der Waals surface area contributed by atoms with Crippen LogP contribution in [0.4, 0.5) is 26.3 Å². The summed E-state index contributed by atoms with van der Waals surface area (Å²) in [6.07, 6.45) is -5.60. The first kappa shape index (κ1) is 44.1. The minimum Gasteiger partial charge on any atom is -0.298 e. The van der Waals surface area contributed by atoms with Gasteiger partial charge in [0.1, 0.15) is 40.0 Å². The van der Waals surface area contributed by atoms with Crippen molar-refractivity contribution in [2.45, 2.75) is 80.6 Å². The minimum absolute atomic E-state index is 0.0269. The summed E-state index contributed by atoms with van der Waals surface area (Å²) in [5.41, 5.74) is -1.01. The second-order valence-corrected chi connectivity index (χ2v) is 20.6. The molecule has 0 bridgehead atoms. The molecule has 3 heterocycles. The largest absolute Gasteiger partial charge is 0.298 e. The number of ketones is 1. The summed E-state index contributed by atoms with van der Waals surface area (Å²) < 4.78 is 136. The van der Waals surface area contributed by atoms with E-state index < -0.39 is 101 Å². The molecular formula is C39H35Cl2F6N5O5S2. The van der Waals surface area contributed by atoms with Gasteiger partial charge < -0.3 is 0 Å². The maximum absolute atomic E-state index is 14.6. The Kier molecular flexibility index (Phi) is 12.4. The van der Waals surface area contributed by atoms with E-state index in [1.165, 1.54) is 30.7 Å². The van der Waals surface area contributed by atoms with Crippen LogP contribution in [0.5, 0.6) is 0 Å². The monoisotopic (exact) mass is 901 g/mol. The van der Waals surface area contributed by atoms with Crippen molar-refractivity contribution in [2.24, 2.45) is 7.05 Å². The maximum atomic E-state index is 14.6. The van der Waals surface area contributed by atoms with E-state index in [9.17, 15) is 48.0 Å². The van der Waals surface area contributed by atoms with Gasteiger partial charge in [0.05, 0.1) is 38.0 Å². The van der Waals surface area contributed by atoms with Crippen LogP contribution in [0.1, 0.15) is 85.9 Å². The van der Waals surface area contributed by atoms with Crippen molar-refractivity contribution in [2.75, 3.05) is 6.26 Å². The van der Waals surface area contributed by atoms with Crippen LogP contribution in [0.15, 0.2) is 42.5 Å². The van der Waals surface area contributed by atoms with Gasteiger partial charge in [0.2, 0.25) is 0 Å². The van der Waals surface area contributed by atoms with E-state index in [0.717, 1.165) is 18.4 Å². The Hall–Kier alpha value is -4.44. The van der Waals surface area contributed by atoms with Gasteiger partial charge in [-0.15, -0.1) is 0 Å². The first-order valence-electron chi connectivity index (χ1n) is 17.9. The number of fused-ring (bicyclic) bond motifs is 1. The first-order valence-corrected chi connectivity index (χ1v) is 22.2. The number of nitrogens with zero attached hydrogens (tertiary/aromatic N) is 5. The number of hydrogen-bond acceptors (Lipinski definition) is 8. The molecule has 314 valence electrons. The number of hydrogen-bond donors (Lipinski definition) is 0. The van der Waals surface area contributed by atoms with Crippen LogP contribution in [0.3, 0.4) is 0 Å². The number of sulfone groups is 2. The van der Waals surface area contributed by atoms with Crippen LogP contribution in [0, 0.1) is 23.5 Å². The first-order chi connectivity index (χ1) is 27.5. The van der Waals surface area contributed by atoms with E-state index in [-0.39, 0.29) is 45.0 Å². The molecule has 3 aromatic heterocycles. The highest BCUT2D eigenvalue weighted by Gasteiger charge is 2.45. The summed E-state index contributed by atoms with van der Waals surface area (Å²) in [7, 11) is -5.73. The second-order valence-electron chi connectivity index (χ2n) is 14.9. The van der Waals surface area contributed by atoms with E-state index in [2.05, 4.69) is 22.0 Å². The Balaban J connectivity index is 1.56. The van der Waals surface area contributed by atoms with Crippen LogP contribution < -0.4 is 0 Å². The average molecular weight is 903 g/mol. The van der Waals surface area contributed by atoms with Gasteiger partial charge in [0, 0.05) is 48.2 Å². The van der Waals surface area contributed by atoms with Crippen molar-refractivity contribution in [1.29, 1.82) is 0 Å². The zero-order valence-corrected chi connectivity index (χ0v) is 34.9. The fraction of sp³-hybridized carbons (Fsp3) is 0.385. The highest BCUT2D eigenvalue weighted by molar-refractivity contribution is 7.93. The fourth-order valence-corrected chi connectivity index (χ4v) is 9.96. The van der Waals surface area contributed by atoms with Gasteiger partial charge in [-0.05, 0) is 74.9 Å². The van der Waals surface area contributed by atoms with Gasteiger partial charge in [0.15, 0.2) is 25.5 Å². The SMILES string of the molecule is Cn1nc(CS(C)(=O)=O)c2c(Cl)ccc(-c3ccc(C#CC(C)(C)S(=O)(=O)C4CC4)nc3[C@@H](CC(=O)Cn3nc(C(F)F)c(Cl)c3C(F)F)Cc3cc(F)cc(F)c3)c21. The molecular weight excluding hydrogens is 867 g/mol. The molecule has 0 unspecified atom stereocenters. The van der Waals surface area contributed by atoms with Gasteiger partial charge in [0.25, 0.3) is 12.9 Å². The number of carbonyl (C=O) groups excluding carboxylic acids is 1. The molecule has 1 atom stereocenters. The van der Waals surface area contributed by atoms with Crippen molar-refractivity contribution in [3.8, 4) is 23.0 Å². The summed E-state index contributed by atoms with van der Waals surface area (Å²) >= 11 is 12.5. The maximum Gasteiger partial charge on any atom is 0.283 e. The molecule has 2 aromatic carbocycles. The normalized spacial score (nSPS) is 14.3. The molecule has 1 fully saturated rings. The third kappa shape index (κ3) is 9.48. The molecule has 10 nitrogen and oxygen atoms in total. The molecule has 0 saturated heterocycles. The third-order valence-electron chi connectivity index (χ3n) is 9.75. The Labute approximate surface area is 345 Å². The number of alkyl halides is 4. The van der Waals surface area contributed by atoms with Gasteiger partial charge in [-0.2, -0.15) is 10.2 Å². The number of aryl methyl sites for hydroxylation is 1. The molecule has 0 N–H and O–H groups in total. The van der Waals surface area contributed by atoms with Crippen molar-refractivity contribution < 1.29 is 48.0 Å². The van der Waals surface area contributed by atoms with Gasteiger partial charge >= 0.3 is 0 Å². The van der Waals surface area contributed by atoms with Crippen LogP contribution in [0.2, 0.25) is 10.0 Å². The highest BCUT2D eigenvalue weighted by atomic mass is 35.5. The lowest BCUT2D eigenvalue weighted by molar-refractivity contribution is -0.120. The number of aromatic nitrogens is 5. The molecule has 1 saturated carbocycles. The smallest absolute Gasteiger partial charge is 0.283 e. The number of carbonyl (C=O) groups is 1. The molecule has 0 spiro atoms. The Bertz CT molecular complexity index is 2760. The minimum atomic E-state index is -3.67. The summed E-state index contributed by atoms with van der Waals surface area (Å²) in [4.78, 5) is 18.7. The summed E-state index contributed by atoms with van der Waals surface area (Å²) in [6.45, 7) is 1.96. The zero-order valence-electron chi connectivity index (χ0n) is 31.7. The van der Waals surface area contributed by atoms with E-state index in [1.54, 1.807) is 19.2 Å². The molecule has 1 aliphatic carbocycles. The molecule has 5 aromatic rings. The van der Waals surface area contributed by atoms with Gasteiger partial charge in [-0.25, -0.2) is 48.2 Å². The van der Waals surface area contributed by atoms with Crippen LogP contribution in [0.25, 0.3) is 22.0 Å². The number of Topliss-reactive ketones (excluding diaryl/α,β-unsaturated/α-hetero) is 1. The predicted octanol–water partition coefficient (Wildman–Crippen LogP) is 8.53. The molecule has 1 aliphatic rings. The molecule has 6 rings (SSSR count). The van der Waals surface area contributed by atoms with Crippen molar-refractivity contribution in [3.63, 3.8) is 0 Å². The highest BCUT2D eigenvalue weighted by Crippen LogP contribution is 2.41. The number of benzene rings is 2. The third-order valence-corrected chi connectivity index (χ3v) is 14.1. The molecule has 59 heavy (non-hydrogen) atoms. The van der Waals surface area contributed by atoms with Crippen LogP contribution >= 0.6 is 23.2 Å². The number of halogens is 8. The van der Waals surface area contributed by atoms with Crippen molar-refractivity contribution >= 4 is 59.6 Å². The zero-order chi connectivity index (χ0) is 43.4. The molecule has 0 aliphatic heterocycles. The molecule has 0 radical (unpaired) electrons. The average Bonchev–Trinajstić information content (AvgIpc) is 3.86. The van der Waals surface area contributed by atoms with E-state index in [4.69, 9.17) is 28.2 Å². The van der Waals surface area contributed by atoms with Gasteiger partial charge in [-0.3, -0.25) is 14.2 Å². The second kappa shape index (κ2) is 16.5. The molecule has 20 heteroatoms. The van der Waals surface area contributed by atoms with Crippen LogP contribution in [-0.4, -0.2) is 63.4 Å². The fourth-order valence-electron chi connectivity index (χ4n) is 6.92. The van der Waals surface area contributed by atoms with Gasteiger partial charge in [-0.1, -0.05) is 35.2 Å². The summed E-state index contributed by atoms with van der Waals surface area (Å²) in [5.74, 6) is 1.24. The van der Waals surface area contributed by atoms with E-state index in [1.807, 2.05) is 0 Å². The standard InChI is InChI=1S/C39H35Cl2F6N5O5S2/c1-39(2,59(56,57)26-6-7-26)12-11-24-5-8-27(28-9-10-29(40)31-30(19-58(4,54)55)49-51(3)35(28)31)33(48-24)21(13-20-14-22(42)17-23(43)15-20)16-25(53)18-52-36(38(46)47)32(41)34(50-52)37(44)45/h5,8-10,14-15,17,21,26,37-38H,6-7,13,16,18-19H2,1-4H3/t21-/m1/s1. The predicted molar refractivity (Wildman–Crippen MR) is 210 cm³/mol. The topological polar surface area (TPSA) is 134 Å².